The van der Waals surface area contributed by atoms with E-state index >= 15 is 0 Å². The highest BCUT2D eigenvalue weighted by Crippen LogP contribution is 2.32. The van der Waals surface area contributed by atoms with E-state index in [1.54, 1.807) is 18.2 Å². The number of nitrogens with one attached hydrogen (secondary N) is 1. The third-order valence-electron chi connectivity index (χ3n) is 5.12. The number of aromatic nitrogens is 1. The minimum absolute atomic E-state index is 0.184. The number of nitrogens with zero attached hydrogens (tertiary/aromatic N) is 1. The van der Waals surface area contributed by atoms with Gasteiger partial charge in [-0.25, -0.2) is 0 Å². The van der Waals surface area contributed by atoms with Crippen molar-refractivity contribution >= 4 is 28.8 Å². The molecule has 142 valence electrons. The predicted molar refractivity (Wildman–Crippen MR) is 109 cm³/mol. The number of hydrogen-bond acceptors (Lipinski definition) is 4. The molecule has 1 fully saturated rings. The average molecular weight is 374 g/mol. The van der Waals surface area contributed by atoms with E-state index in [-0.39, 0.29) is 5.91 Å². The van der Waals surface area contributed by atoms with Crippen molar-refractivity contribution < 1.29 is 14.3 Å². The molecule has 5 nitrogen and oxygen atoms in total. The SMILES string of the molecule is Cc1c(NC(=O)c2ccc(OCCC3CC3)cc2)ccc2cc(C=O)cnc12. The molecule has 3 aromatic rings. The minimum Gasteiger partial charge on any atom is -0.494 e. The maximum Gasteiger partial charge on any atom is 0.255 e. The van der Waals surface area contributed by atoms with Crippen molar-refractivity contribution in [2.24, 2.45) is 5.92 Å². The van der Waals surface area contributed by atoms with Crippen molar-refractivity contribution in [1.82, 2.24) is 4.98 Å². The maximum absolute atomic E-state index is 12.6. The fourth-order valence-corrected chi connectivity index (χ4v) is 3.21. The summed E-state index contributed by atoms with van der Waals surface area (Å²) in [6, 6.07) is 12.7. The first-order chi connectivity index (χ1) is 13.6. The molecule has 2 aromatic carbocycles. The van der Waals surface area contributed by atoms with Crippen LogP contribution < -0.4 is 10.1 Å². The van der Waals surface area contributed by atoms with Crippen molar-refractivity contribution in [3.8, 4) is 5.75 Å². The lowest BCUT2D eigenvalue weighted by Gasteiger charge is -2.11. The molecule has 0 aliphatic heterocycles. The fraction of sp³-hybridized carbons (Fsp3) is 0.261. The molecule has 4 rings (SSSR count). The van der Waals surface area contributed by atoms with Gasteiger partial charge in [-0.15, -0.1) is 0 Å². The summed E-state index contributed by atoms with van der Waals surface area (Å²) in [7, 11) is 0. The van der Waals surface area contributed by atoms with Gasteiger partial charge in [0, 0.05) is 28.4 Å². The first kappa shape index (κ1) is 18.2. The maximum atomic E-state index is 12.6. The molecule has 1 aliphatic carbocycles. The second-order valence-corrected chi connectivity index (χ2v) is 7.26. The van der Waals surface area contributed by atoms with E-state index in [1.807, 2.05) is 31.2 Å². The van der Waals surface area contributed by atoms with Gasteiger partial charge in [-0.05, 0) is 61.2 Å². The fourth-order valence-electron chi connectivity index (χ4n) is 3.21. The number of hydrogen-bond donors (Lipinski definition) is 1. The Morgan fingerprint density at radius 2 is 2.00 bits per heavy atom. The first-order valence-electron chi connectivity index (χ1n) is 9.53. The normalized spacial score (nSPS) is 13.3. The number of carbonyl (C=O) groups is 2. The Kier molecular flexibility index (Phi) is 5.06. The van der Waals surface area contributed by atoms with Crippen LogP contribution >= 0.6 is 0 Å². The van der Waals surface area contributed by atoms with Crippen LogP contribution in [-0.2, 0) is 0 Å². The van der Waals surface area contributed by atoms with Gasteiger partial charge < -0.3 is 10.1 Å². The summed E-state index contributed by atoms with van der Waals surface area (Å²) >= 11 is 0. The molecule has 1 saturated carbocycles. The van der Waals surface area contributed by atoms with Crippen molar-refractivity contribution in [3.05, 3.63) is 65.4 Å². The van der Waals surface area contributed by atoms with Crippen LogP contribution in [0.15, 0.2) is 48.7 Å². The first-order valence-corrected chi connectivity index (χ1v) is 9.53. The van der Waals surface area contributed by atoms with E-state index in [2.05, 4.69) is 10.3 Å². The standard InChI is InChI=1S/C23H22N2O3/c1-15-21(9-6-19-12-17(14-26)13-24-22(15)19)25-23(27)18-4-7-20(8-5-18)28-11-10-16-2-3-16/h4-9,12-14,16H,2-3,10-11H2,1H3,(H,25,27). The molecule has 1 N–H and O–H groups in total. The zero-order valence-corrected chi connectivity index (χ0v) is 15.8. The van der Waals surface area contributed by atoms with Gasteiger partial charge >= 0.3 is 0 Å². The van der Waals surface area contributed by atoms with Gasteiger partial charge in [-0.3, -0.25) is 14.6 Å². The zero-order chi connectivity index (χ0) is 19.5. The quantitative estimate of drug-likeness (QED) is 0.604. The number of pyridine rings is 1. The van der Waals surface area contributed by atoms with Gasteiger partial charge in [-0.2, -0.15) is 0 Å². The average Bonchev–Trinajstić information content (AvgIpc) is 3.54. The number of aryl methyl sites for hydroxylation is 1. The van der Waals surface area contributed by atoms with E-state index in [0.717, 1.165) is 47.4 Å². The molecule has 1 amide bonds. The Morgan fingerprint density at radius 3 is 2.71 bits per heavy atom. The van der Waals surface area contributed by atoms with Crippen LogP contribution in [-0.4, -0.2) is 23.8 Å². The summed E-state index contributed by atoms with van der Waals surface area (Å²) in [5.41, 5.74) is 3.43. The van der Waals surface area contributed by atoms with Crippen LogP contribution in [0.5, 0.6) is 5.75 Å². The van der Waals surface area contributed by atoms with Crippen LogP contribution in [0.4, 0.5) is 5.69 Å². The number of amides is 1. The summed E-state index contributed by atoms with van der Waals surface area (Å²) in [6.45, 7) is 2.63. The molecule has 0 bridgehead atoms. The van der Waals surface area contributed by atoms with Crippen molar-refractivity contribution in [3.63, 3.8) is 0 Å². The second-order valence-electron chi connectivity index (χ2n) is 7.26. The molecule has 1 heterocycles. The molecule has 0 radical (unpaired) electrons. The van der Waals surface area contributed by atoms with E-state index in [4.69, 9.17) is 4.74 Å². The van der Waals surface area contributed by atoms with Gasteiger partial charge in [0.05, 0.1) is 12.1 Å². The lowest BCUT2D eigenvalue weighted by molar-refractivity contribution is 0.102. The molecule has 1 aromatic heterocycles. The Bertz CT molecular complexity index is 1020. The van der Waals surface area contributed by atoms with Gasteiger partial charge in [0.1, 0.15) is 5.75 Å². The third-order valence-corrected chi connectivity index (χ3v) is 5.12. The summed E-state index contributed by atoms with van der Waals surface area (Å²) in [5.74, 6) is 1.44. The highest BCUT2D eigenvalue weighted by molar-refractivity contribution is 6.06. The minimum atomic E-state index is -0.184. The Morgan fingerprint density at radius 1 is 1.21 bits per heavy atom. The Balaban J connectivity index is 1.45. The summed E-state index contributed by atoms with van der Waals surface area (Å²) in [5, 5.41) is 3.81. The molecule has 5 heteroatoms. The van der Waals surface area contributed by atoms with Crippen LogP contribution in [0.3, 0.4) is 0 Å². The van der Waals surface area contributed by atoms with E-state index in [1.165, 1.54) is 19.0 Å². The molecule has 28 heavy (non-hydrogen) atoms. The highest BCUT2D eigenvalue weighted by Gasteiger charge is 2.20. The number of aldehydes is 1. The predicted octanol–water partition coefficient (Wildman–Crippen LogP) is 4.79. The summed E-state index contributed by atoms with van der Waals surface area (Å²) < 4.78 is 5.73. The van der Waals surface area contributed by atoms with Gasteiger partial charge in [0.25, 0.3) is 5.91 Å². The molecule has 0 atom stereocenters. The van der Waals surface area contributed by atoms with Crippen LogP contribution in [0.1, 0.15) is 45.5 Å². The highest BCUT2D eigenvalue weighted by atomic mass is 16.5. The Hall–Kier alpha value is -3.21. The Labute approximate surface area is 163 Å². The largest absolute Gasteiger partial charge is 0.494 e. The number of rotatable bonds is 7. The van der Waals surface area contributed by atoms with E-state index in [0.29, 0.717) is 16.8 Å². The molecule has 1 aliphatic rings. The molecular weight excluding hydrogens is 352 g/mol. The number of fused-ring (bicyclic) bond motifs is 1. The van der Waals surface area contributed by atoms with Crippen LogP contribution in [0.25, 0.3) is 10.9 Å². The monoisotopic (exact) mass is 374 g/mol. The topological polar surface area (TPSA) is 68.3 Å². The zero-order valence-electron chi connectivity index (χ0n) is 15.8. The summed E-state index contributed by atoms with van der Waals surface area (Å²) in [6.07, 6.45) is 6.06. The number of anilines is 1. The van der Waals surface area contributed by atoms with E-state index < -0.39 is 0 Å². The molecular formula is C23H22N2O3. The lowest BCUT2D eigenvalue weighted by atomic mass is 10.1. The second kappa shape index (κ2) is 7.80. The molecule has 0 spiro atoms. The van der Waals surface area contributed by atoms with Gasteiger partial charge in [-0.1, -0.05) is 18.9 Å². The lowest BCUT2D eigenvalue weighted by Crippen LogP contribution is -2.13. The number of carbonyl (C=O) groups excluding carboxylic acids is 2. The van der Waals surface area contributed by atoms with Crippen LogP contribution in [0.2, 0.25) is 0 Å². The van der Waals surface area contributed by atoms with Crippen LogP contribution in [0, 0.1) is 12.8 Å². The smallest absolute Gasteiger partial charge is 0.255 e. The molecule has 0 unspecified atom stereocenters. The number of benzene rings is 2. The van der Waals surface area contributed by atoms with Crippen molar-refractivity contribution in [1.29, 1.82) is 0 Å². The van der Waals surface area contributed by atoms with E-state index in [9.17, 15) is 9.59 Å². The molecule has 0 saturated heterocycles. The number of ether oxygens (including phenoxy) is 1. The summed E-state index contributed by atoms with van der Waals surface area (Å²) in [4.78, 5) is 27.9. The van der Waals surface area contributed by atoms with Gasteiger partial charge in [0.15, 0.2) is 6.29 Å². The van der Waals surface area contributed by atoms with Crippen molar-refractivity contribution in [2.75, 3.05) is 11.9 Å². The van der Waals surface area contributed by atoms with Gasteiger partial charge in [0.2, 0.25) is 0 Å². The third kappa shape index (κ3) is 4.03. The van der Waals surface area contributed by atoms with Crippen molar-refractivity contribution in [2.45, 2.75) is 26.2 Å².